The summed E-state index contributed by atoms with van der Waals surface area (Å²) in [7, 11) is 0. The SMILES string of the molecule is CC(C(=O)Nc1cccc(NC(=O)C2CCCNC2)c1)n1cccn1.Cl. The number of carbonyl (C=O) groups is 2. The van der Waals surface area contributed by atoms with Crippen LogP contribution in [0.25, 0.3) is 0 Å². The Morgan fingerprint density at radius 2 is 2.04 bits per heavy atom. The molecule has 3 N–H and O–H groups in total. The summed E-state index contributed by atoms with van der Waals surface area (Å²) in [5.74, 6) is -0.156. The molecule has 1 aromatic heterocycles. The molecule has 1 fully saturated rings. The molecule has 7 nitrogen and oxygen atoms in total. The van der Waals surface area contributed by atoms with E-state index >= 15 is 0 Å². The summed E-state index contributed by atoms with van der Waals surface area (Å²) < 4.78 is 1.59. The van der Waals surface area contributed by atoms with Gasteiger partial charge in [0.25, 0.3) is 0 Å². The smallest absolute Gasteiger partial charge is 0.248 e. The van der Waals surface area contributed by atoms with Crippen molar-refractivity contribution in [3.8, 4) is 0 Å². The predicted molar refractivity (Wildman–Crippen MR) is 103 cm³/mol. The molecule has 0 radical (unpaired) electrons. The Labute approximate surface area is 159 Å². The maximum Gasteiger partial charge on any atom is 0.248 e. The molecule has 0 saturated carbocycles. The molecule has 2 amide bonds. The Bertz CT molecular complexity index is 729. The largest absolute Gasteiger partial charge is 0.326 e. The van der Waals surface area contributed by atoms with E-state index < -0.39 is 6.04 Å². The summed E-state index contributed by atoms with van der Waals surface area (Å²) in [5.41, 5.74) is 1.32. The van der Waals surface area contributed by atoms with E-state index in [0.29, 0.717) is 17.9 Å². The normalized spacial score (nSPS) is 17.7. The first-order chi connectivity index (χ1) is 12.1. The Balaban J connectivity index is 0.00000243. The molecule has 1 aliphatic heterocycles. The third-order valence-electron chi connectivity index (χ3n) is 4.37. The fourth-order valence-electron chi connectivity index (χ4n) is 2.87. The summed E-state index contributed by atoms with van der Waals surface area (Å²) >= 11 is 0. The van der Waals surface area contributed by atoms with E-state index in [4.69, 9.17) is 0 Å². The van der Waals surface area contributed by atoms with Crippen molar-refractivity contribution < 1.29 is 9.59 Å². The van der Waals surface area contributed by atoms with Crippen LogP contribution in [0.3, 0.4) is 0 Å². The van der Waals surface area contributed by atoms with Crippen LogP contribution in [0.15, 0.2) is 42.7 Å². The second-order valence-electron chi connectivity index (χ2n) is 6.26. The van der Waals surface area contributed by atoms with Gasteiger partial charge in [0.2, 0.25) is 11.8 Å². The van der Waals surface area contributed by atoms with Crippen LogP contribution in [-0.2, 0) is 9.59 Å². The molecule has 0 spiro atoms. The highest BCUT2D eigenvalue weighted by Crippen LogP contribution is 2.19. The van der Waals surface area contributed by atoms with Gasteiger partial charge in [-0.2, -0.15) is 5.10 Å². The number of nitrogens with zero attached hydrogens (tertiary/aromatic N) is 2. The average Bonchev–Trinajstić information content (AvgIpc) is 3.16. The lowest BCUT2D eigenvalue weighted by Crippen LogP contribution is -2.37. The van der Waals surface area contributed by atoms with E-state index in [1.54, 1.807) is 42.2 Å². The lowest BCUT2D eigenvalue weighted by atomic mass is 9.99. The lowest BCUT2D eigenvalue weighted by Gasteiger charge is -2.22. The van der Waals surface area contributed by atoms with Crippen LogP contribution in [0.5, 0.6) is 0 Å². The fourth-order valence-corrected chi connectivity index (χ4v) is 2.87. The molecule has 1 aromatic carbocycles. The molecule has 2 unspecified atom stereocenters. The van der Waals surface area contributed by atoms with Crippen LogP contribution < -0.4 is 16.0 Å². The van der Waals surface area contributed by atoms with Gasteiger partial charge in [-0.1, -0.05) is 6.07 Å². The summed E-state index contributed by atoms with van der Waals surface area (Å²) in [6.07, 6.45) is 5.30. The lowest BCUT2D eigenvalue weighted by molar-refractivity contribution is -0.120. The van der Waals surface area contributed by atoms with Crippen molar-refractivity contribution in [2.45, 2.75) is 25.8 Å². The van der Waals surface area contributed by atoms with Crippen LogP contribution in [0.4, 0.5) is 11.4 Å². The molecule has 26 heavy (non-hydrogen) atoms. The monoisotopic (exact) mass is 377 g/mol. The van der Waals surface area contributed by atoms with E-state index in [9.17, 15) is 9.59 Å². The number of halogens is 1. The minimum Gasteiger partial charge on any atom is -0.326 e. The molecule has 2 heterocycles. The zero-order valence-corrected chi connectivity index (χ0v) is 15.5. The molecule has 1 aliphatic rings. The molecular formula is C18H24ClN5O2. The third-order valence-corrected chi connectivity index (χ3v) is 4.37. The van der Waals surface area contributed by atoms with Gasteiger partial charge in [0.05, 0.1) is 5.92 Å². The first-order valence-electron chi connectivity index (χ1n) is 8.55. The second kappa shape index (κ2) is 9.35. The van der Waals surface area contributed by atoms with Gasteiger partial charge >= 0.3 is 0 Å². The number of anilines is 2. The van der Waals surface area contributed by atoms with Gasteiger partial charge in [-0.3, -0.25) is 14.3 Å². The highest BCUT2D eigenvalue weighted by atomic mass is 35.5. The highest BCUT2D eigenvalue weighted by molar-refractivity contribution is 5.96. The first kappa shape index (κ1) is 19.9. The summed E-state index contributed by atoms with van der Waals surface area (Å²) in [6, 6.07) is 8.55. The predicted octanol–water partition coefficient (Wildman–Crippen LogP) is 2.44. The second-order valence-corrected chi connectivity index (χ2v) is 6.26. The zero-order chi connectivity index (χ0) is 17.6. The quantitative estimate of drug-likeness (QED) is 0.746. The van der Waals surface area contributed by atoms with Gasteiger partial charge in [0.15, 0.2) is 0 Å². The van der Waals surface area contributed by atoms with Crippen LogP contribution in [0.2, 0.25) is 0 Å². The molecular weight excluding hydrogens is 354 g/mol. The van der Waals surface area contributed by atoms with Crippen molar-refractivity contribution in [1.82, 2.24) is 15.1 Å². The van der Waals surface area contributed by atoms with Crippen molar-refractivity contribution >= 4 is 35.6 Å². The number of amides is 2. The number of piperidine rings is 1. The number of hydrogen-bond donors (Lipinski definition) is 3. The van der Waals surface area contributed by atoms with E-state index in [0.717, 1.165) is 19.4 Å². The molecule has 2 atom stereocenters. The third kappa shape index (κ3) is 5.06. The van der Waals surface area contributed by atoms with E-state index in [2.05, 4.69) is 21.0 Å². The maximum atomic E-state index is 12.3. The molecule has 8 heteroatoms. The Morgan fingerprint density at radius 3 is 2.69 bits per heavy atom. The van der Waals surface area contributed by atoms with Crippen molar-refractivity contribution in [2.75, 3.05) is 23.7 Å². The Morgan fingerprint density at radius 1 is 1.27 bits per heavy atom. The van der Waals surface area contributed by atoms with Crippen molar-refractivity contribution in [2.24, 2.45) is 5.92 Å². The van der Waals surface area contributed by atoms with Gasteiger partial charge in [-0.05, 0) is 50.6 Å². The Kier molecular flexibility index (Phi) is 7.17. The van der Waals surface area contributed by atoms with Crippen molar-refractivity contribution in [1.29, 1.82) is 0 Å². The number of carbonyl (C=O) groups excluding carboxylic acids is 2. The van der Waals surface area contributed by atoms with Crippen LogP contribution in [-0.4, -0.2) is 34.7 Å². The van der Waals surface area contributed by atoms with Gasteiger partial charge in [-0.25, -0.2) is 0 Å². The minimum atomic E-state index is -0.415. The molecule has 2 aromatic rings. The average molecular weight is 378 g/mol. The fraction of sp³-hybridized carbons (Fsp3) is 0.389. The molecule has 0 bridgehead atoms. The zero-order valence-electron chi connectivity index (χ0n) is 14.6. The van der Waals surface area contributed by atoms with Gasteiger partial charge < -0.3 is 16.0 Å². The number of rotatable bonds is 5. The number of nitrogens with one attached hydrogen (secondary N) is 3. The van der Waals surface area contributed by atoms with Crippen LogP contribution in [0.1, 0.15) is 25.8 Å². The first-order valence-corrected chi connectivity index (χ1v) is 8.55. The molecule has 1 saturated heterocycles. The standard InChI is InChI=1S/C18H23N5O2.ClH/c1-13(23-10-4-9-20-23)17(24)21-15-6-2-7-16(11-15)22-18(25)14-5-3-8-19-12-14;/h2,4,6-7,9-11,13-14,19H,3,5,8,12H2,1H3,(H,21,24)(H,22,25);1H. The number of aromatic nitrogens is 2. The molecule has 0 aliphatic carbocycles. The Hall–Kier alpha value is -2.38. The van der Waals surface area contributed by atoms with Gasteiger partial charge in [0, 0.05) is 30.3 Å². The van der Waals surface area contributed by atoms with E-state index in [1.807, 2.05) is 12.1 Å². The van der Waals surface area contributed by atoms with Gasteiger partial charge in [0.1, 0.15) is 6.04 Å². The minimum absolute atomic E-state index is 0. The summed E-state index contributed by atoms with van der Waals surface area (Å²) in [6.45, 7) is 3.47. The summed E-state index contributed by atoms with van der Waals surface area (Å²) in [5, 5.41) is 13.1. The number of benzene rings is 1. The van der Waals surface area contributed by atoms with Crippen LogP contribution in [0, 0.1) is 5.92 Å². The molecule has 3 rings (SSSR count). The summed E-state index contributed by atoms with van der Waals surface area (Å²) in [4.78, 5) is 24.6. The van der Waals surface area contributed by atoms with E-state index in [1.165, 1.54) is 0 Å². The topological polar surface area (TPSA) is 88.0 Å². The number of hydrogen-bond acceptors (Lipinski definition) is 4. The highest BCUT2D eigenvalue weighted by Gasteiger charge is 2.21. The molecule has 140 valence electrons. The van der Waals surface area contributed by atoms with Crippen molar-refractivity contribution in [3.05, 3.63) is 42.7 Å². The maximum absolute atomic E-state index is 12.3. The van der Waals surface area contributed by atoms with Crippen molar-refractivity contribution in [3.63, 3.8) is 0 Å². The van der Waals surface area contributed by atoms with E-state index in [-0.39, 0.29) is 30.1 Å². The van der Waals surface area contributed by atoms with Gasteiger partial charge in [-0.15, -0.1) is 12.4 Å². The van der Waals surface area contributed by atoms with Crippen LogP contribution >= 0.6 is 12.4 Å².